The third-order valence-corrected chi connectivity index (χ3v) is 6.08. The van der Waals surface area contributed by atoms with Crippen LogP contribution >= 0.6 is 0 Å². The Morgan fingerprint density at radius 2 is 1.58 bits per heavy atom. The van der Waals surface area contributed by atoms with Gasteiger partial charge in [0.05, 0.1) is 5.57 Å². The number of aryl methyl sites for hydroxylation is 1. The van der Waals surface area contributed by atoms with Crippen molar-refractivity contribution in [2.45, 2.75) is 45.3 Å². The van der Waals surface area contributed by atoms with E-state index in [0.29, 0.717) is 0 Å². The van der Waals surface area contributed by atoms with Crippen LogP contribution in [0.5, 0.6) is 0 Å². The lowest BCUT2D eigenvalue weighted by atomic mass is 9.72. The van der Waals surface area contributed by atoms with Crippen molar-refractivity contribution in [2.24, 2.45) is 5.41 Å². The van der Waals surface area contributed by atoms with Gasteiger partial charge in [0.1, 0.15) is 0 Å². The predicted molar refractivity (Wildman–Crippen MR) is 116 cm³/mol. The third kappa shape index (κ3) is 3.63. The fourth-order valence-corrected chi connectivity index (χ4v) is 4.55. The van der Waals surface area contributed by atoms with Crippen molar-refractivity contribution in [3.63, 3.8) is 0 Å². The smallest absolute Gasteiger partial charge is 0.326 e. The zero-order chi connectivity index (χ0) is 24.2. The Kier molecular flexibility index (Phi) is 5.22. The van der Waals surface area contributed by atoms with Gasteiger partial charge in [0.25, 0.3) is 11.8 Å². The third-order valence-electron chi connectivity index (χ3n) is 6.08. The molecule has 1 heterocycles. The highest BCUT2D eigenvalue weighted by atomic mass is 19.4. The molecule has 4 rings (SSSR count). The maximum atomic E-state index is 14.8. The predicted octanol–water partition coefficient (Wildman–Crippen LogP) is 4.72. The number of anilines is 1. The summed E-state index contributed by atoms with van der Waals surface area (Å²) in [6.07, 6.45) is -5.34. The van der Waals surface area contributed by atoms with Crippen LogP contribution in [0.3, 0.4) is 0 Å². The number of amides is 2. The fourth-order valence-electron chi connectivity index (χ4n) is 4.55. The molecule has 33 heavy (non-hydrogen) atoms. The Bertz CT molecular complexity index is 1170. The standard InChI is InChI=1S/C25H23F3N2O3/c1-15-9-11-17(12-10-15)30-18-13-23(2,3)14-19(31)20(18)24(22(30)33,25(26,27)28)29-21(32)16-7-5-4-6-8-16/h4-12H,13-14H2,1-3H3,(H,29,32)/t24-/m1/s1. The lowest BCUT2D eigenvalue weighted by Gasteiger charge is -2.35. The summed E-state index contributed by atoms with van der Waals surface area (Å²) in [7, 11) is 0. The van der Waals surface area contributed by atoms with Crippen LogP contribution in [0.4, 0.5) is 18.9 Å². The Labute approximate surface area is 189 Å². The van der Waals surface area contributed by atoms with Gasteiger partial charge in [-0.3, -0.25) is 19.3 Å². The van der Waals surface area contributed by atoms with E-state index in [1.807, 2.05) is 12.2 Å². The van der Waals surface area contributed by atoms with Crippen LogP contribution in [0.1, 0.15) is 42.6 Å². The Hall–Kier alpha value is -3.42. The molecule has 0 bridgehead atoms. The highest BCUT2D eigenvalue weighted by Crippen LogP contribution is 2.52. The molecule has 0 saturated heterocycles. The van der Waals surface area contributed by atoms with Crippen molar-refractivity contribution >= 4 is 23.3 Å². The van der Waals surface area contributed by atoms with Crippen molar-refractivity contribution in [3.8, 4) is 0 Å². The van der Waals surface area contributed by atoms with E-state index in [-0.39, 0.29) is 29.8 Å². The van der Waals surface area contributed by atoms with Gasteiger partial charge < -0.3 is 5.32 Å². The van der Waals surface area contributed by atoms with E-state index < -0.39 is 40.3 Å². The summed E-state index contributed by atoms with van der Waals surface area (Å²) in [5, 5.41) is 1.93. The van der Waals surface area contributed by atoms with Gasteiger partial charge in [-0.1, -0.05) is 49.7 Å². The first kappa shape index (κ1) is 22.8. The maximum Gasteiger partial charge on any atom is 0.425 e. The van der Waals surface area contributed by atoms with Crippen molar-refractivity contribution in [2.75, 3.05) is 4.90 Å². The van der Waals surface area contributed by atoms with E-state index in [4.69, 9.17) is 0 Å². The van der Waals surface area contributed by atoms with Crippen LogP contribution in [0.25, 0.3) is 0 Å². The molecule has 5 nitrogen and oxygen atoms in total. The number of allylic oxidation sites excluding steroid dienone is 1. The summed E-state index contributed by atoms with van der Waals surface area (Å²) >= 11 is 0. The van der Waals surface area contributed by atoms with E-state index in [1.54, 1.807) is 32.0 Å². The molecule has 172 valence electrons. The summed E-state index contributed by atoms with van der Waals surface area (Å²) < 4.78 is 44.4. The minimum Gasteiger partial charge on any atom is -0.326 e. The number of hydrogen-bond acceptors (Lipinski definition) is 3. The summed E-state index contributed by atoms with van der Waals surface area (Å²) in [5.41, 5.74) is -3.80. The SMILES string of the molecule is Cc1ccc(N2C(=O)[C@@](NC(=O)c3ccccc3)(C(F)(F)F)C3=C2CC(C)(C)CC3=O)cc1. The number of hydrogen-bond donors (Lipinski definition) is 1. The number of Topliss-reactive ketones (excluding diaryl/α,β-unsaturated/α-hetero) is 1. The lowest BCUT2D eigenvalue weighted by Crippen LogP contribution is -2.66. The molecule has 0 radical (unpaired) electrons. The van der Waals surface area contributed by atoms with Crippen LogP contribution in [0.2, 0.25) is 0 Å². The van der Waals surface area contributed by atoms with Gasteiger partial charge in [-0.25, -0.2) is 0 Å². The van der Waals surface area contributed by atoms with Gasteiger partial charge in [0, 0.05) is 23.4 Å². The van der Waals surface area contributed by atoms with Crippen LogP contribution in [0, 0.1) is 12.3 Å². The molecule has 0 aromatic heterocycles. The molecule has 1 aliphatic carbocycles. The molecular weight excluding hydrogens is 433 g/mol. The van der Waals surface area contributed by atoms with Gasteiger partial charge in [0.15, 0.2) is 5.78 Å². The number of nitrogens with zero attached hydrogens (tertiary/aromatic N) is 1. The normalized spacial score (nSPS) is 22.4. The molecule has 1 atom stereocenters. The molecule has 1 aliphatic heterocycles. The molecule has 8 heteroatoms. The molecule has 2 aliphatic rings. The molecule has 2 aromatic carbocycles. The van der Waals surface area contributed by atoms with Gasteiger partial charge in [-0.2, -0.15) is 13.2 Å². The first-order valence-corrected chi connectivity index (χ1v) is 10.5. The monoisotopic (exact) mass is 456 g/mol. The second-order valence-corrected chi connectivity index (χ2v) is 9.31. The van der Waals surface area contributed by atoms with Gasteiger partial charge in [-0.15, -0.1) is 0 Å². The number of ketones is 1. The molecule has 2 aromatic rings. The zero-order valence-corrected chi connectivity index (χ0v) is 18.4. The zero-order valence-electron chi connectivity index (χ0n) is 18.4. The largest absolute Gasteiger partial charge is 0.425 e. The van der Waals surface area contributed by atoms with E-state index >= 15 is 0 Å². The van der Waals surface area contributed by atoms with Crippen molar-refractivity contribution in [3.05, 3.63) is 77.0 Å². The lowest BCUT2D eigenvalue weighted by molar-refractivity contribution is -0.186. The molecule has 0 unspecified atom stereocenters. The molecule has 1 N–H and O–H groups in total. The van der Waals surface area contributed by atoms with Crippen molar-refractivity contribution in [1.29, 1.82) is 0 Å². The average molecular weight is 456 g/mol. The summed E-state index contributed by atoms with van der Waals surface area (Å²) in [6, 6.07) is 13.7. The molecule has 0 spiro atoms. The van der Waals surface area contributed by atoms with E-state index in [9.17, 15) is 27.6 Å². The van der Waals surface area contributed by atoms with Gasteiger partial charge in [0.2, 0.25) is 5.54 Å². The van der Waals surface area contributed by atoms with Crippen molar-refractivity contribution < 1.29 is 27.6 Å². The van der Waals surface area contributed by atoms with Crippen LogP contribution in [-0.4, -0.2) is 29.3 Å². The summed E-state index contributed by atoms with van der Waals surface area (Å²) in [5.74, 6) is -3.29. The maximum absolute atomic E-state index is 14.8. The number of nitrogens with one attached hydrogen (secondary N) is 1. The molecular formula is C25H23F3N2O3. The van der Waals surface area contributed by atoms with E-state index in [0.717, 1.165) is 10.5 Å². The fraction of sp³-hybridized carbons (Fsp3) is 0.320. The Balaban J connectivity index is 1.94. The topological polar surface area (TPSA) is 66.5 Å². The van der Waals surface area contributed by atoms with Gasteiger partial charge in [-0.05, 0) is 43.0 Å². The quantitative estimate of drug-likeness (QED) is 0.727. The van der Waals surface area contributed by atoms with Crippen LogP contribution in [0.15, 0.2) is 65.9 Å². The minimum atomic E-state index is -5.24. The van der Waals surface area contributed by atoms with Crippen LogP contribution < -0.4 is 10.2 Å². The van der Waals surface area contributed by atoms with E-state index in [2.05, 4.69) is 0 Å². The summed E-state index contributed by atoms with van der Waals surface area (Å²) in [6.45, 7) is 5.35. The second kappa shape index (κ2) is 7.57. The number of halogens is 3. The number of alkyl halides is 3. The van der Waals surface area contributed by atoms with Crippen LogP contribution in [-0.2, 0) is 9.59 Å². The highest BCUT2D eigenvalue weighted by molar-refractivity contribution is 6.21. The first-order chi connectivity index (χ1) is 15.4. The number of rotatable bonds is 3. The number of benzene rings is 2. The number of carbonyl (C=O) groups excluding carboxylic acids is 3. The highest BCUT2D eigenvalue weighted by Gasteiger charge is 2.71. The minimum absolute atomic E-state index is 0.0178. The van der Waals surface area contributed by atoms with E-state index in [1.165, 1.54) is 36.4 Å². The average Bonchev–Trinajstić information content (AvgIpc) is 2.97. The summed E-state index contributed by atoms with van der Waals surface area (Å²) in [4.78, 5) is 40.6. The molecule has 0 saturated carbocycles. The van der Waals surface area contributed by atoms with Crippen molar-refractivity contribution in [1.82, 2.24) is 5.32 Å². The van der Waals surface area contributed by atoms with Gasteiger partial charge >= 0.3 is 6.18 Å². The second-order valence-electron chi connectivity index (χ2n) is 9.31. The Morgan fingerprint density at radius 3 is 2.15 bits per heavy atom. The first-order valence-electron chi connectivity index (χ1n) is 10.5. The number of carbonyl (C=O) groups is 3. The molecule has 2 amide bonds. The Morgan fingerprint density at radius 1 is 0.970 bits per heavy atom. The molecule has 0 fully saturated rings.